The van der Waals surface area contributed by atoms with Gasteiger partial charge in [0.2, 0.25) is 0 Å². The van der Waals surface area contributed by atoms with Gasteiger partial charge in [-0.05, 0) is 24.6 Å². The Kier molecular flexibility index (Phi) is 6.39. The Labute approximate surface area is 111 Å². The fourth-order valence-electron chi connectivity index (χ4n) is 1.29. The number of rotatable bonds is 6. The highest BCUT2D eigenvalue weighted by Crippen LogP contribution is 2.15. The minimum Gasteiger partial charge on any atom is -0.463 e. The molecule has 18 heavy (non-hydrogen) atoms. The van der Waals surface area contributed by atoms with Gasteiger partial charge in [0.05, 0.1) is 11.6 Å². The van der Waals surface area contributed by atoms with Gasteiger partial charge >= 0.3 is 5.97 Å². The zero-order chi connectivity index (χ0) is 13.4. The highest BCUT2D eigenvalue weighted by Gasteiger charge is 2.00. The maximum absolute atomic E-state index is 12.9. The summed E-state index contributed by atoms with van der Waals surface area (Å²) in [4.78, 5) is 11.0. The van der Waals surface area contributed by atoms with E-state index in [4.69, 9.17) is 16.3 Å². The van der Waals surface area contributed by atoms with Gasteiger partial charge in [-0.3, -0.25) is 0 Å². The normalized spacial score (nSPS) is 10.8. The van der Waals surface area contributed by atoms with Gasteiger partial charge in [-0.2, -0.15) is 0 Å². The van der Waals surface area contributed by atoms with E-state index in [2.05, 4.69) is 5.32 Å². The maximum Gasteiger partial charge on any atom is 0.330 e. The van der Waals surface area contributed by atoms with E-state index >= 15 is 0 Å². The Balaban J connectivity index is 2.29. The van der Waals surface area contributed by atoms with Crippen LogP contribution in [0.1, 0.15) is 12.5 Å². The van der Waals surface area contributed by atoms with E-state index in [0.29, 0.717) is 19.7 Å². The van der Waals surface area contributed by atoms with Crippen molar-refractivity contribution in [3.63, 3.8) is 0 Å². The molecule has 1 N–H and O–H groups in total. The Hall–Kier alpha value is -1.39. The molecule has 0 aromatic heterocycles. The third-order valence-electron chi connectivity index (χ3n) is 2.12. The van der Waals surface area contributed by atoms with Crippen molar-refractivity contribution in [2.75, 3.05) is 13.2 Å². The molecule has 0 radical (unpaired) electrons. The lowest BCUT2D eigenvalue weighted by Crippen LogP contribution is -2.13. The van der Waals surface area contributed by atoms with E-state index in [1.807, 2.05) is 0 Å². The SMILES string of the molecule is CCOC(=O)/C=C/CNCc1ccc(F)c(Cl)c1. The third-order valence-corrected chi connectivity index (χ3v) is 2.41. The highest BCUT2D eigenvalue weighted by atomic mass is 35.5. The summed E-state index contributed by atoms with van der Waals surface area (Å²) >= 11 is 5.65. The minimum atomic E-state index is -0.428. The first-order valence-electron chi connectivity index (χ1n) is 5.61. The topological polar surface area (TPSA) is 38.3 Å². The van der Waals surface area contributed by atoms with Crippen molar-refractivity contribution in [3.8, 4) is 0 Å². The fourth-order valence-corrected chi connectivity index (χ4v) is 1.50. The molecule has 0 bridgehead atoms. The monoisotopic (exact) mass is 271 g/mol. The lowest BCUT2D eigenvalue weighted by molar-refractivity contribution is -0.137. The molecule has 98 valence electrons. The van der Waals surface area contributed by atoms with Crippen molar-refractivity contribution >= 4 is 17.6 Å². The van der Waals surface area contributed by atoms with Crippen LogP contribution in [0.4, 0.5) is 4.39 Å². The molecule has 1 rings (SSSR count). The van der Waals surface area contributed by atoms with Crippen LogP contribution in [0, 0.1) is 5.82 Å². The number of nitrogens with one attached hydrogen (secondary N) is 1. The molecule has 5 heteroatoms. The standard InChI is InChI=1S/C13H15ClFNO2/c1-2-18-13(17)4-3-7-16-9-10-5-6-12(15)11(14)8-10/h3-6,8,16H,2,7,9H2,1H3/b4-3+. The number of carbonyl (C=O) groups is 1. The van der Waals surface area contributed by atoms with E-state index < -0.39 is 5.82 Å². The van der Waals surface area contributed by atoms with E-state index in [-0.39, 0.29) is 11.0 Å². The highest BCUT2D eigenvalue weighted by molar-refractivity contribution is 6.30. The van der Waals surface area contributed by atoms with Crippen LogP contribution in [0.15, 0.2) is 30.4 Å². The largest absolute Gasteiger partial charge is 0.463 e. The quantitative estimate of drug-likeness (QED) is 0.491. The van der Waals surface area contributed by atoms with Crippen molar-refractivity contribution in [3.05, 3.63) is 46.8 Å². The molecule has 0 spiro atoms. The smallest absolute Gasteiger partial charge is 0.330 e. The molecule has 1 aromatic carbocycles. The summed E-state index contributed by atoms with van der Waals surface area (Å²) < 4.78 is 17.6. The van der Waals surface area contributed by atoms with Gasteiger partial charge in [0.15, 0.2) is 0 Å². The first-order chi connectivity index (χ1) is 8.63. The maximum atomic E-state index is 12.9. The van der Waals surface area contributed by atoms with E-state index in [1.165, 1.54) is 12.1 Å². The van der Waals surface area contributed by atoms with Crippen molar-refractivity contribution in [1.29, 1.82) is 0 Å². The zero-order valence-electron chi connectivity index (χ0n) is 10.1. The molecule has 0 heterocycles. The van der Waals surface area contributed by atoms with Gasteiger partial charge in [0.1, 0.15) is 5.82 Å². The van der Waals surface area contributed by atoms with Crippen LogP contribution in [0.2, 0.25) is 5.02 Å². The van der Waals surface area contributed by atoms with Gasteiger partial charge < -0.3 is 10.1 Å². The van der Waals surface area contributed by atoms with Gasteiger partial charge in [-0.25, -0.2) is 9.18 Å². The Morgan fingerprint density at radius 1 is 1.56 bits per heavy atom. The van der Waals surface area contributed by atoms with Crippen LogP contribution >= 0.6 is 11.6 Å². The molecule has 0 aliphatic heterocycles. The Bertz CT molecular complexity index is 435. The van der Waals surface area contributed by atoms with Gasteiger partial charge in [-0.1, -0.05) is 23.7 Å². The molecule has 0 saturated heterocycles. The number of hydrogen-bond acceptors (Lipinski definition) is 3. The number of halogens is 2. The van der Waals surface area contributed by atoms with E-state index in [9.17, 15) is 9.18 Å². The molecule has 0 amide bonds. The second-order valence-corrected chi connectivity index (χ2v) is 3.94. The summed E-state index contributed by atoms with van der Waals surface area (Å²) in [5.41, 5.74) is 0.880. The third kappa shape index (κ3) is 5.29. The molecule has 0 saturated carbocycles. The molecular formula is C13H15ClFNO2. The number of hydrogen-bond donors (Lipinski definition) is 1. The first kappa shape index (κ1) is 14.7. The Morgan fingerprint density at radius 2 is 2.33 bits per heavy atom. The first-order valence-corrected chi connectivity index (χ1v) is 5.99. The van der Waals surface area contributed by atoms with Gasteiger partial charge in [0, 0.05) is 19.2 Å². The molecule has 3 nitrogen and oxygen atoms in total. The van der Waals surface area contributed by atoms with E-state index in [1.54, 1.807) is 25.1 Å². The summed E-state index contributed by atoms with van der Waals surface area (Å²) in [6, 6.07) is 4.55. The molecule has 1 aromatic rings. The second kappa shape index (κ2) is 7.84. The van der Waals surface area contributed by atoms with Crippen molar-refractivity contribution in [2.45, 2.75) is 13.5 Å². The number of benzene rings is 1. The molecule has 0 aliphatic rings. The van der Waals surface area contributed by atoms with E-state index in [0.717, 1.165) is 5.56 Å². The van der Waals surface area contributed by atoms with Crippen LogP contribution in [-0.4, -0.2) is 19.1 Å². The van der Waals surface area contributed by atoms with Crippen LogP contribution < -0.4 is 5.32 Å². The zero-order valence-corrected chi connectivity index (χ0v) is 10.8. The Morgan fingerprint density at radius 3 is 3.00 bits per heavy atom. The summed E-state index contributed by atoms with van der Waals surface area (Å²) in [7, 11) is 0. The van der Waals surface area contributed by atoms with Crippen LogP contribution in [0.25, 0.3) is 0 Å². The minimum absolute atomic E-state index is 0.108. The average Bonchev–Trinajstić information content (AvgIpc) is 2.33. The number of ether oxygens (including phenoxy) is 1. The van der Waals surface area contributed by atoms with Gasteiger partial charge in [0.25, 0.3) is 0 Å². The molecule has 0 fully saturated rings. The predicted octanol–water partition coefficient (Wildman–Crippen LogP) is 2.69. The summed E-state index contributed by atoms with van der Waals surface area (Å²) in [5, 5.41) is 3.18. The molecule has 0 unspecified atom stereocenters. The van der Waals surface area contributed by atoms with Crippen molar-refractivity contribution < 1.29 is 13.9 Å². The number of esters is 1. The summed E-state index contributed by atoms with van der Waals surface area (Å²) in [6.07, 6.45) is 3.04. The van der Waals surface area contributed by atoms with Crippen molar-refractivity contribution in [1.82, 2.24) is 5.32 Å². The van der Waals surface area contributed by atoms with Crippen molar-refractivity contribution in [2.24, 2.45) is 0 Å². The second-order valence-electron chi connectivity index (χ2n) is 3.53. The van der Waals surface area contributed by atoms with Crippen LogP contribution in [0.5, 0.6) is 0 Å². The number of carbonyl (C=O) groups excluding carboxylic acids is 1. The van der Waals surface area contributed by atoms with Crippen LogP contribution in [0.3, 0.4) is 0 Å². The summed E-state index contributed by atoms with van der Waals surface area (Å²) in [5.74, 6) is -0.785. The average molecular weight is 272 g/mol. The lowest BCUT2D eigenvalue weighted by atomic mass is 10.2. The van der Waals surface area contributed by atoms with Gasteiger partial charge in [-0.15, -0.1) is 0 Å². The molecular weight excluding hydrogens is 257 g/mol. The molecule has 0 atom stereocenters. The lowest BCUT2D eigenvalue weighted by Gasteiger charge is -2.03. The fraction of sp³-hybridized carbons (Fsp3) is 0.308. The molecule has 0 aliphatic carbocycles. The predicted molar refractivity (Wildman–Crippen MR) is 68.9 cm³/mol. The van der Waals surface area contributed by atoms with Crippen LogP contribution in [-0.2, 0) is 16.1 Å². The summed E-state index contributed by atoms with van der Waals surface area (Å²) in [6.45, 7) is 3.19.